The summed E-state index contributed by atoms with van der Waals surface area (Å²) < 4.78 is 12.5. The Hall–Kier alpha value is -0.0800. The Balaban J connectivity index is 1.90. The average molecular weight is 128 g/mol. The summed E-state index contributed by atoms with van der Waals surface area (Å²) in [6.07, 6.45) is 2.33. The van der Waals surface area contributed by atoms with Gasteiger partial charge in [-0.1, -0.05) is 0 Å². The fourth-order valence-electron chi connectivity index (χ4n) is 1.55. The van der Waals surface area contributed by atoms with Crippen LogP contribution in [0.15, 0.2) is 0 Å². The molecule has 2 aliphatic heterocycles. The monoisotopic (exact) mass is 128 g/mol. The fraction of sp³-hybridized carbons (Fsp3) is 1.00. The van der Waals surface area contributed by atoms with E-state index >= 15 is 0 Å². The van der Waals surface area contributed by atoms with Gasteiger partial charge in [0, 0.05) is 5.41 Å². The molecule has 1 N–H and O–H groups in total. The number of hydrogen-bond donors (Lipinski definition) is 1. The molecule has 2 nitrogen and oxygen atoms in total. The zero-order valence-electron chi connectivity index (χ0n) is 6.60. The number of nitrogens with one attached hydrogen (secondary N) is 1. The van der Waals surface area contributed by atoms with Crippen molar-refractivity contribution in [2.24, 2.45) is 5.41 Å². The molecule has 0 amide bonds. The quantitative estimate of drug-likeness (QED) is 0.509. The molecular weight excluding hydrogens is 114 g/mol. The first-order valence-electron chi connectivity index (χ1n) is 4.07. The molecule has 0 radical (unpaired) electrons. The van der Waals surface area contributed by atoms with Crippen molar-refractivity contribution in [3.8, 4) is 0 Å². The molecule has 2 saturated heterocycles. The van der Waals surface area contributed by atoms with Gasteiger partial charge >= 0.3 is 0 Å². The maximum Gasteiger partial charge on any atom is 0.122 e. The molecule has 0 bridgehead atoms. The lowest BCUT2D eigenvalue weighted by Gasteiger charge is -2.44. The van der Waals surface area contributed by atoms with Gasteiger partial charge in [-0.05, 0) is 25.9 Å². The lowest BCUT2D eigenvalue weighted by Crippen LogP contribution is -2.49. The van der Waals surface area contributed by atoms with Crippen molar-refractivity contribution in [3.05, 3.63) is 0 Å². The number of rotatable bonds is 0. The van der Waals surface area contributed by atoms with Crippen LogP contribution in [0.25, 0.3) is 0 Å². The number of ether oxygens (including phenoxy) is 1. The van der Waals surface area contributed by atoms with Gasteiger partial charge in [0.15, 0.2) is 0 Å². The van der Waals surface area contributed by atoms with Crippen LogP contribution in [-0.4, -0.2) is 26.3 Å². The van der Waals surface area contributed by atoms with Crippen molar-refractivity contribution in [1.29, 1.82) is 0 Å². The minimum absolute atomic E-state index is 0.498. The van der Waals surface area contributed by atoms with Crippen molar-refractivity contribution < 1.29 is 6.15 Å². The third-order valence-corrected chi connectivity index (χ3v) is 2.42. The van der Waals surface area contributed by atoms with Crippen LogP contribution < -0.4 is 5.31 Å². The van der Waals surface area contributed by atoms with Crippen LogP contribution in [0.4, 0.5) is 0 Å². The molecular formula is C7H13NO. The van der Waals surface area contributed by atoms with E-state index in [0.29, 0.717) is 5.41 Å². The van der Waals surface area contributed by atoms with E-state index in [9.17, 15) is 0 Å². The van der Waals surface area contributed by atoms with Gasteiger partial charge in [-0.3, -0.25) is 0 Å². The van der Waals surface area contributed by atoms with Crippen molar-refractivity contribution in [3.63, 3.8) is 0 Å². The molecule has 2 aliphatic rings. The highest BCUT2D eigenvalue weighted by molar-refractivity contribution is 4.89. The van der Waals surface area contributed by atoms with Gasteiger partial charge in [-0.2, -0.15) is 0 Å². The maximum atomic E-state index is 7.34. The smallest absolute Gasteiger partial charge is 0.122 e. The summed E-state index contributed by atoms with van der Waals surface area (Å²) in [5.41, 5.74) is 0.498. The molecule has 2 rings (SSSR count). The minimum atomic E-state index is 0.498. The molecule has 52 valence electrons. The number of piperidine rings is 1. The first-order valence-corrected chi connectivity index (χ1v) is 3.62. The van der Waals surface area contributed by atoms with Crippen molar-refractivity contribution >= 4 is 0 Å². The molecule has 0 unspecified atom stereocenters. The summed E-state index contributed by atoms with van der Waals surface area (Å²) >= 11 is 0. The van der Waals surface area contributed by atoms with E-state index in [0.717, 1.165) is 39.1 Å². The predicted molar refractivity (Wildman–Crippen MR) is 35.4 cm³/mol. The highest BCUT2D eigenvalue weighted by Gasteiger charge is 2.38. The van der Waals surface area contributed by atoms with E-state index in [1.807, 2.05) is 0 Å². The zero-order valence-corrected chi connectivity index (χ0v) is 5.60. The fourth-order valence-corrected chi connectivity index (χ4v) is 1.55. The van der Waals surface area contributed by atoms with Crippen molar-refractivity contribution in [2.45, 2.75) is 12.8 Å². The number of hydrogen-bond acceptors (Lipinski definition) is 2. The highest BCUT2D eigenvalue weighted by Crippen LogP contribution is 2.35. The second-order valence-corrected chi connectivity index (χ2v) is 3.16. The SMILES string of the molecule is [2H]N1CCC2(CC1)COC2. The van der Waals surface area contributed by atoms with E-state index in [-0.39, 0.29) is 0 Å². The molecule has 2 heterocycles. The minimum Gasteiger partial charge on any atom is -0.380 e. The molecule has 0 aliphatic carbocycles. The topological polar surface area (TPSA) is 21.3 Å². The lowest BCUT2D eigenvalue weighted by molar-refractivity contribution is -0.127. The van der Waals surface area contributed by atoms with E-state index in [1.165, 1.54) is 0 Å². The summed E-state index contributed by atoms with van der Waals surface area (Å²) in [5, 5.41) is 1.66. The Morgan fingerprint density at radius 1 is 1.33 bits per heavy atom. The Labute approximate surface area is 57.0 Å². The van der Waals surface area contributed by atoms with Gasteiger partial charge in [0.25, 0.3) is 0 Å². The van der Waals surface area contributed by atoms with Gasteiger partial charge < -0.3 is 10.0 Å². The Kier molecular flexibility index (Phi) is 1.02. The van der Waals surface area contributed by atoms with Gasteiger partial charge in [0.1, 0.15) is 1.41 Å². The summed E-state index contributed by atoms with van der Waals surface area (Å²) in [4.78, 5) is 0. The molecule has 0 aromatic carbocycles. The molecule has 2 fully saturated rings. The Morgan fingerprint density at radius 2 is 2.00 bits per heavy atom. The third kappa shape index (κ3) is 0.864. The van der Waals surface area contributed by atoms with E-state index in [2.05, 4.69) is 0 Å². The highest BCUT2D eigenvalue weighted by atomic mass is 16.5. The van der Waals surface area contributed by atoms with Crippen LogP contribution >= 0.6 is 0 Å². The summed E-state index contributed by atoms with van der Waals surface area (Å²) in [6, 6.07) is 0. The largest absolute Gasteiger partial charge is 0.380 e. The van der Waals surface area contributed by atoms with Gasteiger partial charge in [0.05, 0.1) is 13.2 Å². The lowest BCUT2D eigenvalue weighted by atomic mass is 9.77. The second-order valence-electron chi connectivity index (χ2n) is 3.16. The standard InChI is InChI=1S/C7H13NO/c1-3-8-4-2-7(1)5-9-6-7/h8H,1-6H2/i/hD. The molecule has 0 atom stereocenters. The van der Waals surface area contributed by atoms with Crippen molar-refractivity contribution in [2.75, 3.05) is 26.3 Å². The molecule has 9 heavy (non-hydrogen) atoms. The van der Waals surface area contributed by atoms with Crippen LogP contribution in [0.3, 0.4) is 0 Å². The van der Waals surface area contributed by atoms with Gasteiger partial charge in [0.2, 0.25) is 0 Å². The first kappa shape index (κ1) is 4.69. The van der Waals surface area contributed by atoms with Gasteiger partial charge in [-0.25, -0.2) is 0 Å². The summed E-state index contributed by atoms with van der Waals surface area (Å²) in [7, 11) is 0. The average Bonchev–Trinajstić information content (AvgIpc) is 1.86. The Bertz CT molecular complexity index is 126. The molecule has 0 aromatic heterocycles. The zero-order chi connectivity index (χ0) is 7.03. The molecule has 1 spiro atoms. The van der Waals surface area contributed by atoms with Gasteiger partial charge in [-0.15, -0.1) is 0 Å². The summed E-state index contributed by atoms with van der Waals surface area (Å²) in [5.74, 6) is 0. The molecule has 2 heteroatoms. The van der Waals surface area contributed by atoms with Crippen LogP contribution in [-0.2, 0) is 4.74 Å². The Morgan fingerprint density at radius 3 is 2.44 bits per heavy atom. The van der Waals surface area contributed by atoms with E-state index < -0.39 is 0 Å². The molecule has 0 saturated carbocycles. The van der Waals surface area contributed by atoms with Crippen LogP contribution in [0.5, 0.6) is 0 Å². The normalized spacial score (nSPS) is 35.8. The van der Waals surface area contributed by atoms with Crippen LogP contribution in [0.1, 0.15) is 12.8 Å². The predicted octanol–water partition coefficient (Wildman–Crippen LogP) is 0.386. The van der Waals surface area contributed by atoms with Crippen LogP contribution in [0.2, 0.25) is 1.41 Å². The first-order chi connectivity index (χ1) is 4.81. The van der Waals surface area contributed by atoms with E-state index in [1.54, 1.807) is 5.31 Å². The molecule has 0 aromatic rings. The van der Waals surface area contributed by atoms with Crippen LogP contribution in [0, 0.1) is 5.41 Å². The van der Waals surface area contributed by atoms with E-state index in [4.69, 9.17) is 6.15 Å². The van der Waals surface area contributed by atoms with Crippen molar-refractivity contribution in [1.82, 2.24) is 5.31 Å². The maximum absolute atomic E-state index is 7.34. The third-order valence-electron chi connectivity index (χ3n) is 2.42. The second kappa shape index (κ2) is 1.96. The summed E-state index contributed by atoms with van der Waals surface area (Å²) in [6.45, 7) is 3.76.